The summed E-state index contributed by atoms with van der Waals surface area (Å²) in [5.41, 5.74) is 0.499. The van der Waals surface area contributed by atoms with Gasteiger partial charge in [0, 0.05) is 19.2 Å². The average molecular weight is 252 g/mol. The van der Waals surface area contributed by atoms with Gasteiger partial charge in [-0.3, -0.25) is 15.0 Å². The zero-order chi connectivity index (χ0) is 13.1. The monoisotopic (exact) mass is 252 g/mol. The SMILES string of the molecule is O=[N+]([O-])c1cc(CN2CCC[C@H](O)C2)ccc1O. The number of hydrogen-bond acceptors (Lipinski definition) is 5. The second-order valence-electron chi connectivity index (χ2n) is 4.61. The van der Waals surface area contributed by atoms with E-state index in [0.717, 1.165) is 24.9 Å². The summed E-state index contributed by atoms with van der Waals surface area (Å²) in [4.78, 5) is 12.2. The lowest BCUT2D eigenvalue weighted by Crippen LogP contribution is -2.37. The van der Waals surface area contributed by atoms with Gasteiger partial charge in [0.25, 0.3) is 0 Å². The fourth-order valence-electron chi connectivity index (χ4n) is 2.25. The lowest BCUT2D eigenvalue weighted by Gasteiger charge is -2.29. The highest BCUT2D eigenvalue weighted by atomic mass is 16.6. The van der Waals surface area contributed by atoms with Crippen LogP contribution in [0.3, 0.4) is 0 Å². The molecule has 6 nitrogen and oxygen atoms in total. The third kappa shape index (κ3) is 2.96. The second kappa shape index (κ2) is 5.32. The Morgan fingerprint density at radius 3 is 2.94 bits per heavy atom. The molecule has 6 heteroatoms. The van der Waals surface area contributed by atoms with E-state index in [2.05, 4.69) is 4.90 Å². The molecule has 0 radical (unpaired) electrons. The van der Waals surface area contributed by atoms with Crippen LogP contribution in [0.15, 0.2) is 18.2 Å². The summed E-state index contributed by atoms with van der Waals surface area (Å²) in [5, 5.41) is 29.6. The zero-order valence-corrected chi connectivity index (χ0v) is 9.95. The van der Waals surface area contributed by atoms with E-state index in [1.165, 1.54) is 12.1 Å². The molecule has 18 heavy (non-hydrogen) atoms. The van der Waals surface area contributed by atoms with E-state index < -0.39 is 4.92 Å². The summed E-state index contributed by atoms with van der Waals surface area (Å²) < 4.78 is 0. The third-order valence-electron chi connectivity index (χ3n) is 3.12. The van der Waals surface area contributed by atoms with Gasteiger partial charge in [0.2, 0.25) is 0 Å². The van der Waals surface area contributed by atoms with Crippen molar-refractivity contribution < 1.29 is 15.1 Å². The highest BCUT2D eigenvalue weighted by Gasteiger charge is 2.19. The smallest absolute Gasteiger partial charge is 0.311 e. The number of phenols is 1. The van der Waals surface area contributed by atoms with E-state index in [1.54, 1.807) is 6.07 Å². The lowest BCUT2D eigenvalue weighted by molar-refractivity contribution is -0.385. The number of β-amino-alcohol motifs (C(OH)–C–C–N with tert-alkyl or cyclic N) is 1. The number of phenolic OH excluding ortho intramolecular Hbond substituents is 1. The maximum atomic E-state index is 10.7. The summed E-state index contributed by atoms with van der Waals surface area (Å²) in [7, 11) is 0. The molecule has 1 heterocycles. The first kappa shape index (κ1) is 12.8. The predicted molar refractivity (Wildman–Crippen MR) is 65.3 cm³/mol. The fraction of sp³-hybridized carbons (Fsp3) is 0.500. The van der Waals surface area contributed by atoms with Gasteiger partial charge < -0.3 is 10.2 Å². The number of nitrogens with zero attached hydrogens (tertiary/aromatic N) is 2. The Hall–Kier alpha value is -1.66. The molecule has 1 aromatic carbocycles. The van der Waals surface area contributed by atoms with Gasteiger partial charge in [0.1, 0.15) is 0 Å². The van der Waals surface area contributed by atoms with Gasteiger partial charge in [0.15, 0.2) is 5.75 Å². The highest BCUT2D eigenvalue weighted by Crippen LogP contribution is 2.27. The van der Waals surface area contributed by atoms with Crippen molar-refractivity contribution in [3.05, 3.63) is 33.9 Å². The van der Waals surface area contributed by atoms with Crippen LogP contribution in [0.5, 0.6) is 5.75 Å². The Balaban J connectivity index is 2.09. The van der Waals surface area contributed by atoms with E-state index >= 15 is 0 Å². The first-order chi connectivity index (χ1) is 8.56. The molecule has 1 aliphatic rings. The fourth-order valence-corrected chi connectivity index (χ4v) is 2.25. The van der Waals surface area contributed by atoms with Crippen LogP contribution in [0.2, 0.25) is 0 Å². The minimum Gasteiger partial charge on any atom is -0.502 e. The molecule has 2 rings (SSSR count). The van der Waals surface area contributed by atoms with E-state index in [4.69, 9.17) is 0 Å². The Kier molecular flexibility index (Phi) is 3.78. The Labute approximate surface area is 105 Å². The zero-order valence-electron chi connectivity index (χ0n) is 9.95. The molecule has 0 amide bonds. The van der Waals surface area contributed by atoms with Crippen molar-refractivity contribution in [1.82, 2.24) is 4.90 Å². The van der Waals surface area contributed by atoms with Crippen LogP contribution in [-0.4, -0.2) is 39.2 Å². The first-order valence-corrected chi connectivity index (χ1v) is 5.93. The molecule has 2 N–H and O–H groups in total. The number of aromatic hydroxyl groups is 1. The summed E-state index contributed by atoms with van der Waals surface area (Å²) in [6.45, 7) is 2.03. The van der Waals surface area contributed by atoms with Gasteiger partial charge >= 0.3 is 5.69 Å². The molecule has 98 valence electrons. The van der Waals surface area contributed by atoms with Crippen molar-refractivity contribution in [1.29, 1.82) is 0 Å². The topological polar surface area (TPSA) is 86.8 Å². The molecule has 1 saturated heterocycles. The van der Waals surface area contributed by atoms with E-state index in [1.807, 2.05) is 0 Å². The van der Waals surface area contributed by atoms with Gasteiger partial charge in [-0.15, -0.1) is 0 Å². The Morgan fingerprint density at radius 1 is 1.50 bits per heavy atom. The van der Waals surface area contributed by atoms with Crippen LogP contribution in [-0.2, 0) is 6.54 Å². The van der Waals surface area contributed by atoms with Crippen molar-refractivity contribution in [2.75, 3.05) is 13.1 Å². The van der Waals surface area contributed by atoms with Crippen LogP contribution in [0.4, 0.5) is 5.69 Å². The molecule has 0 saturated carbocycles. The number of nitro groups is 1. The van der Waals surface area contributed by atoms with Gasteiger partial charge in [-0.2, -0.15) is 0 Å². The number of aliphatic hydroxyl groups is 1. The second-order valence-corrected chi connectivity index (χ2v) is 4.61. The number of aliphatic hydroxyl groups excluding tert-OH is 1. The number of rotatable bonds is 3. The van der Waals surface area contributed by atoms with Crippen molar-refractivity contribution in [3.63, 3.8) is 0 Å². The summed E-state index contributed by atoms with van der Waals surface area (Å²) >= 11 is 0. The standard InChI is InChI=1S/C12H16N2O4/c15-10-2-1-5-13(8-10)7-9-3-4-12(16)11(6-9)14(17)18/h3-4,6,10,15-16H,1-2,5,7-8H2/t10-/m0/s1. The van der Waals surface area contributed by atoms with Gasteiger partial charge in [-0.05, 0) is 31.0 Å². The van der Waals surface area contributed by atoms with Crippen molar-refractivity contribution >= 4 is 5.69 Å². The van der Waals surface area contributed by atoms with Crippen molar-refractivity contribution in [2.45, 2.75) is 25.5 Å². The van der Waals surface area contributed by atoms with E-state index in [9.17, 15) is 20.3 Å². The van der Waals surface area contributed by atoms with Gasteiger partial charge in [-0.25, -0.2) is 0 Å². The van der Waals surface area contributed by atoms with Crippen LogP contribution in [0.25, 0.3) is 0 Å². The molecule has 0 aliphatic carbocycles. The molecule has 1 atom stereocenters. The molecule has 0 spiro atoms. The summed E-state index contributed by atoms with van der Waals surface area (Å²) in [6.07, 6.45) is 1.43. The quantitative estimate of drug-likeness (QED) is 0.624. The Morgan fingerprint density at radius 2 is 2.28 bits per heavy atom. The molecular formula is C12H16N2O4. The van der Waals surface area contributed by atoms with Crippen LogP contribution in [0.1, 0.15) is 18.4 Å². The average Bonchev–Trinajstić information content (AvgIpc) is 2.31. The Bertz CT molecular complexity index is 450. The number of hydrogen-bond donors (Lipinski definition) is 2. The molecular weight excluding hydrogens is 236 g/mol. The third-order valence-corrected chi connectivity index (χ3v) is 3.12. The van der Waals surface area contributed by atoms with Crippen molar-refractivity contribution in [2.24, 2.45) is 0 Å². The number of piperidine rings is 1. The van der Waals surface area contributed by atoms with Crippen LogP contribution >= 0.6 is 0 Å². The molecule has 0 aromatic heterocycles. The highest BCUT2D eigenvalue weighted by molar-refractivity contribution is 5.47. The summed E-state index contributed by atoms with van der Waals surface area (Å²) in [6, 6.07) is 4.40. The molecule has 0 bridgehead atoms. The van der Waals surface area contributed by atoms with E-state index in [0.29, 0.717) is 13.1 Å². The lowest BCUT2D eigenvalue weighted by atomic mass is 10.1. The van der Waals surface area contributed by atoms with Crippen LogP contribution in [0, 0.1) is 10.1 Å². The minimum absolute atomic E-state index is 0.273. The van der Waals surface area contributed by atoms with Crippen LogP contribution < -0.4 is 0 Å². The number of benzene rings is 1. The van der Waals surface area contributed by atoms with Gasteiger partial charge in [0.05, 0.1) is 11.0 Å². The largest absolute Gasteiger partial charge is 0.502 e. The predicted octanol–water partition coefficient (Wildman–Crippen LogP) is 1.26. The molecule has 1 fully saturated rings. The molecule has 0 unspecified atom stereocenters. The van der Waals surface area contributed by atoms with Gasteiger partial charge in [-0.1, -0.05) is 6.07 Å². The maximum Gasteiger partial charge on any atom is 0.311 e. The first-order valence-electron chi connectivity index (χ1n) is 5.93. The number of likely N-dealkylation sites (tertiary alicyclic amines) is 1. The minimum atomic E-state index is -0.593. The van der Waals surface area contributed by atoms with Crippen molar-refractivity contribution in [3.8, 4) is 5.75 Å². The number of nitro benzene ring substituents is 1. The molecule has 1 aromatic rings. The maximum absolute atomic E-state index is 10.7. The van der Waals surface area contributed by atoms with E-state index in [-0.39, 0.29) is 17.5 Å². The normalized spacial score (nSPS) is 20.8. The molecule has 1 aliphatic heterocycles. The summed E-state index contributed by atoms with van der Waals surface area (Å²) in [5.74, 6) is -0.317.